The number of amides is 2. The first kappa shape index (κ1) is 22.3. The second-order valence-electron chi connectivity index (χ2n) is 11.8. The van der Waals surface area contributed by atoms with Gasteiger partial charge in [0.15, 0.2) is 0 Å². The molecule has 3 aliphatic carbocycles. The van der Waals surface area contributed by atoms with E-state index in [0.29, 0.717) is 24.3 Å². The van der Waals surface area contributed by atoms with Crippen molar-refractivity contribution in [1.29, 1.82) is 0 Å². The monoisotopic (exact) mass is 485 g/mol. The first-order valence-corrected chi connectivity index (χ1v) is 13.5. The molecule has 0 aromatic heterocycles. The lowest BCUT2D eigenvalue weighted by atomic mass is 9.43. The van der Waals surface area contributed by atoms with Crippen molar-refractivity contribution in [1.82, 2.24) is 9.80 Å². The van der Waals surface area contributed by atoms with E-state index in [-0.39, 0.29) is 28.7 Å². The minimum Gasteiger partial charge on any atom is -0.497 e. The van der Waals surface area contributed by atoms with Crippen molar-refractivity contribution < 1.29 is 14.3 Å². The summed E-state index contributed by atoms with van der Waals surface area (Å²) in [6, 6.07) is 17.2. The number of carbonyl (C=O) groups is 2. The van der Waals surface area contributed by atoms with Crippen molar-refractivity contribution in [3.63, 3.8) is 0 Å². The third-order valence-electron chi connectivity index (χ3n) is 10.7. The Bertz CT molecular complexity index is 1230. The summed E-state index contributed by atoms with van der Waals surface area (Å²) in [5, 5.41) is 0. The van der Waals surface area contributed by atoms with Gasteiger partial charge in [-0.3, -0.25) is 14.5 Å². The van der Waals surface area contributed by atoms with Crippen LogP contribution in [0.2, 0.25) is 0 Å². The molecule has 2 N–H and O–H groups in total. The molecule has 4 bridgehead atoms. The molecule has 2 amide bonds. The SMILES string of the molecule is COc1ccc2c(c1)[C@]13CCN(CCC(N)=O)[C@H](C2)[C@]12CCC1C3[C@@H](CN1C(=O)c1ccccc1)C2. The number of nitrogens with zero attached hydrogens (tertiary/aromatic N) is 2. The summed E-state index contributed by atoms with van der Waals surface area (Å²) in [7, 11) is 1.76. The van der Waals surface area contributed by atoms with Gasteiger partial charge in [0.05, 0.1) is 7.11 Å². The number of nitrogens with two attached hydrogens (primary N) is 1. The highest BCUT2D eigenvalue weighted by atomic mass is 16.5. The van der Waals surface area contributed by atoms with Crippen LogP contribution in [0.25, 0.3) is 0 Å². The van der Waals surface area contributed by atoms with Crippen LogP contribution < -0.4 is 10.5 Å². The maximum atomic E-state index is 13.7. The van der Waals surface area contributed by atoms with Crippen molar-refractivity contribution in [3.05, 3.63) is 65.2 Å². The number of hydrogen-bond donors (Lipinski definition) is 1. The summed E-state index contributed by atoms with van der Waals surface area (Å²) in [4.78, 5) is 30.2. The first-order chi connectivity index (χ1) is 17.5. The lowest BCUT2D eigenvalue weighted by Crippen LogP contribution is -2.69. The Kier molecular flexibility index (Phi) is 4.85. The number of likely N-dealkylation sites (tertiary alicyclic amines) is 2. The average Bonchev–Trinajstić information content (AvgIpc) is 3.34. The van der Waals surface area contributed by atoms with Gasteiger partial charge in [0.25, 0.3) is 5.91 Å². The predicted molar refractivity (Wildman–Crippen MR) is 137 cm³/mol. The number of rotatable bonds is 5. The molecule has 2 saturated carbocycles. The minimum atomic E-state index is -0.215. The highest BCUT2D eigenvalue weighted by molar-refractivity contribution is 5.94. The zero-order valence-electron chi connectivity index (χ0n) is 21.0. The van der Waals surface area contributed by atoms with Crippen LogP contribution in [0, 0.1) is 17.3 Å². The molecule has 36 heavy (non-hydrogen) atoms. The molecule has 2 unspecified atom stereocenters. The van der Waals surface area contributed by atoms with Gasteiger partial charge in [0.1, 0.15) is 5.75 Å². The van der Waals surface area contributed by atoms with E-state index in [1.165, 1.54) is 17.5 Å². The fourth-order valence-corrected chi connectivity index (χ4v) is 9.71. The standard InChI is InChI=1S/C30H35N3O3/c1-36-22-8-7-20-15-25-29-11-9-24-27(21(17-29)18-33(24)28(35)19-5-3-2-4-6-19)30(29,23(20)16-22)12-14-32(25)13-10-26(31)34/h2-8,16,21,24-25,27H,9-15,17-18H2,1H3,(H2,31,34)/t21-,24?,25-,27?,29-,30+/m1/s1. The predicted octanol–water partition coefficient (Wildman–Crippen LogP) is 3.38. The summed E-state index contributed by atoms with van der Waals surface area (Å²) in [6.07, 6.45) is 5.90. The molecule has 4 fully saturated rings. The van der Waals surface area contributed by atoms with Gasteiger partial charge in [-0.2, -0.15) is 0 Å². The summed E-state index contributed by atoms with van der Waals surface area (Å²) in [5.74, 6) is 1.90. The quantitative estimate of drug-likeness (QED) is 0.705. The van der Waals surface area contributed by atoms with E-state index in [1.807, 2.05) is 30.3 Å². The van der Waals surface area contributed by atoms with Crippen LogP contribution in [-0.2, 0) is 16.6 Å². The molecule has 6 nitrogen and oxygen atoms in total. The number of piperidine rings is 1. The highest BCUT2D eigenvalue weighted by Crippen LogP contribution is 2.75. The number of hydrogen-bond acceptors (Lipinski definition) is 4. The van der Waals surface area contributed by atoms with E-state index in [0.717, 1.165) is 56.6 Å². The van der Waals surface area contributed by atoms with Crippen LogP contribution in [-0.4, -0.2) is 60.4 Å². The minimum absolute atomic E-state index is 0.0579. The van der Waals surface area contributed by atoms with Crippen LogP contribution >= 0.6 is 0 Å². The number of benzene rings is 2. The second-order valence-corrected chi connectivity index (χ2v) is 11.8. The number of methoxy groups -OCH3 is 1. The molecule has 0 spiro atoms. The number of primary amides is 1. The Morgan fingerprint density at radius 1 is 1.14 bits per heavy atom. The van der Waals surface area contributed by atoms with E-state index in [2.05, 4.69) is 28.0 Å². The Balaban J connectivity index is 1.34. The molecule has 2 saturated heterocycles. The number of carbonyl (C=O) groups excluding carboxylic acids is 2. The highest BCUT2D eigenvalue weighted by Gasteiger charge is 2.76. The van der Waals surface area contributed by atoms with Crippen molar-refractivity contribution in [2.24, 2.45) is 23.0 Å². The van der Waals surface area contributed by atoms with Crippen LogP contribution in [0.1, 0.15) is 53.6 Å². The first-order valence-electron chi connectivity index (χ1n) is 13.5. The Hall–Kier alpha value is -2.86. The number of fused-ring (bicyclic) bond motifs is 1. The van der Waals surface area contributed by atoms with Gasteiger partial charge in [-0.25, -0.2) is 0 Å². The summed E-state index contributed by atoms with van der Waals surface area (Å²) < 4.78 is 5.73. The van der Waals surface area contributed by atoms with Gasteiger partial charge in [-0.05, 0) is 91.3 Å². The second kappa shape index (κ2) is 7.82. The summed E-state index contributed by atoms with van der Waals surface area (Å²) >= 11 is 0. The molecule has 2 aliphatic heterocycles. The molecular formula is C30H35N3O3. The smallest absolute Gasteiger partial charge is 0.254 e. The van der Waals surface area contributed by atoms with Crippen LogP contribution in [0.3, 0.4) is 0 Å². The number of ether oxygens (including phenoxy) is 1. The Labute approximate surface area is 212 Å². The van der Waals surface area contributed by atoms with E-state index in [4.69, 9.17) is 10.5 Å². The van der Waals surface area contributed by atoms with Gasteiger partial charge >= 0.3 is 0 Å². The molecule has 7 rings (SSSR count). The van der Waals surface area contributed by atoms with Gasteiger partial charge in [0.2, 0.25) is 5.91 Å². The largest absolute Gasteiger partial charge is 0.497 e. The lowest BCUT2D eigenvalue weighted by molar-refractivity contribution is -0.121. The molecular weight excluding hydrogens is 450 g/mol. The molecule has 5 aliphatic rings. The third-order valence-corrected chi connectivity index (χ3v) is 10.7. The lowest BCUT2D eigenvalue weighted by Gasteiger charge is -2.66. The van der Waals surface area contributed by atoms with Crippen LogP contribution in [0.5, 0.6) is 5.75 Å². The van der Waals surface area contributed by atoms with Gasteiger partial charge < -0.3 is 15.4 Å². The van der Waals surface area contributed by atoms with Crippen molar-refractivity contribution >= 4 is 11.8 Å². The maximum Gasteiger partial charge on any atom is 0.254 e. The van der Waals surface area contributed by atoms with E-state index < -0.39 is 0 Å². The van der Waals surface area contributed by atoms with Gasteiger partial charge in [-0.1, -0.05) is 24.3 Å². The summed E-state index contributed by atoms with van der Waals surface area (Å²) in [5.41, 5.74) is 9.54. The maximum absolute atomic E-state index is 13.7. The average molecular weight is 486 g/mol. The van der Waals surface area contributed by atoms with Crippen LogP contribution in [0.15, 0.2) is 48.5 Å². The molecule has 2 heterocycles. The fourth-order valence-electron chi connectivity index (χ4n) is 9.71. The zero-order chi connectivity index (χ0) is 24.7. The van der Waals surface area contributed by atoms with E-state index in [1.54, 1.807) is 7.11 Å². The Morgan fingerprint density at radius 3 is 2.75 bits per heavy atom. The van der Waals surface area contributed by atoms with Crippen molar-refractivity contribution in [2.45, 2.75) is 56.0 Å². The van der Waals surface area contributed by atoms with Gasteiger partial charge in [0, 0.05) is 42.6 Å². The fraction of sp³-hybridized carbons (Fsp3) is 0.533. The van der Waals surface area contributed by atoms with E-state index >= 15 is 0 Å². The van der Waals surface area contributed by atoms with Crippen molar-refractivity contribution in [2.75, 3.05) is 26.7 Å². The Morgan fingerprint density at radius 2 is 1.97 bits per heavy atom. The normalized spacial score (nSPS) is 35.8. The zero-order valence-corrected chi connectivity index (χ0v) is 21.0. The molecule has 6 atom stereocenters. The topological polar surface area (TPSA) is 75.9 Å². The molecule has 6 heteroatoms. The molecule has 2 aromatic carbocycles. The van der Waals surface area contributed by atoms with Crippen LogP contribution in [0.4, 0.5) is 0 Å². The molecule has 2 aromatic rings. The summed E-state index contributed by atoms with van der Waals surface area (Å²) in [6.45, 7) is 2.60. The third kappa shape index (κ3) is 2.77. The molecule has 188 valence electrons. The molecule has 0 radical (unpaired) electrons. The van der Waals surface area contributed by atoms with Crippen molar-refractivity contribution in [3.8, 4) is 5.75 Å². The van der Waals surface area contributed by atoms with Gasteiger partial charge in [-0.15, -0.1) is 0 Å². The van der Waals surface area contributed by atoms with E-state index in [9.17, 15) is 9.59 Å².